The normalized spacial score (nSPS) is 15.1. The summed E-state index contributed by atoms with van der Waals surface area (Å²) in [5.41, 5.74) is 1.06. The molecule has 34 heavy (non-hydrogen) atoms. The van der Waals surface area contributed by atoms with Gasteiger partial charge in [-0.15, -0.1) is 0 Å². The second kappa shape index (κ2) is 8.70. The first kappa shape index (κ1) is 22.3. The van der Waals surface area contributed by atoms with Crippen molar-refractivity contribution in [3.63, 3.8) is 0 Å². The molecule has 176 valence electrons. The van der Waals surface area contributed by atoms with Gasteiger partial charge in [0.15, 0.2) is 0 Å². The zero-order valence-electron chi connectivity index (χ0n) is 18.5. The molecule has 5 nitrogen and oxygen atoms in total. The second-order valence-corrected chi connectivity index (χ2v) is 8.67. The van der Waals surface area contributed by atoms with Gasteiger partial charge in [-0.2, -0.15) is 18.2 Å². The summed E-state index contributed by atoms with van der Waals surface area (Å²) in [5.74, 6) is -0.154. The standard InChI is InChI=1S/C25H23F4N5/c1-15-7-10-20-21(13-15)34(22-11-12-30-24(33-22)31-17-5-3-2-4-6-17)23(32-20)16-8-9-19(26)18(14-16)25(27,28)29/h7-14,17H,2-6H2,1H3,(H,30,31,33). The summed E-state index contributed by atoms with van der Waals surface area (Å²) in [6.45, 7) is 1.92. The van der Waals surface area contributed by atoms with E-state index in [1.54, 1.807) is 22.9 Å². The van der Waals surface area contributed by atoms with Crippen molar-refractivity contribution < 1.29 is 17.6 Å². The van der Waals surface area contributed by atoms with Crippen LogP contribution in [0.15, 0.2) is 48.7 Å². The maximum Gasteiger partial charge on any atom is 0.419 e. The maximum atomic E-state index is 14.0. The summed E-state index contributed by atoms with van der Waals surface area (Å²) in [7, 11) is 0. The molecule has 0 radical (unpaired) electrons. The smallest absolute Gasteiger partial charge is 0.351 e. The quantitative estimate of drug-likeness (QED) is 0.338. The summed E-state index contributed by atoms with van der Waals surface area (Å²) < 4.78 is 55.9. The van der Waals surface area contributed by atoms with Crippen LogP contribution in [0, 0.1) is 12.7 Å². The highest BCUT2D eigenvalue weighted by Crippen LogP contribution is 2.36. The zero-order valence-corrected chi connectivity index (χ0v) is 18.5. The third kappa shape index (κ3) is 4.34. The molecule has 0 atom stereocenters. The highest BCUT2D eigenvalue weighted by atomic mass is 19.4. The molecule has 0 saturated heterocycles. The SMILES string of the molecule is Cc1ccc2nc(-c3ccc(F)c(C(F)(F)F)c3)n(-c3ccnc(NC4CCCCC4)n3)c2c1. The van der Waals surface area contributed by atoms with E-state index in [2.05, 4.69) is 20.3 Å². The van der Waals surface area contributed by atoms with Crippen molar-refractivity contribution in [1.29, 1.82) is 0 Å². The van der Waals surface area contributed by atoms with Crippen molar-refractivity contribution in [2.75, 3.05) is 5.32 Å². The van der Waals surface area contributed by atoms with Crippen molar-refractivity contribution >= 4 is 17.0 Å². The van der Waals surface area contributed by atoms with E-state index in [4.69, 9.17) is 0 Å². The Morgan fingerprint density at radius 1 is 0.971 bits per heavy atom. The summed E-state index contributed by atoms with van der Waals surface area (Å²) in [6.07, 6.45) is 2.41. The first-order valence-electron chi connectivity index (χ1n) is 11.3. The van der Waals surface area contributed by atoms with Crippen LogP contribution >= 0.6 is 0 Å². The van der Waals surface area contributed by atoms with E-state index in [1.165, 1.54) is 12.5 Å². The molecule has 0 unspecified atom stereocenters. The Kier molecular flexibility index (Phi) is 5.71. The van der Waals surface area contributed by atoms with Gasteiger partial charge in [0.1, 0.15) is 17.5 Å². The van der Waals surface area contributed by atoms with E-state index in [-0.39, 0.29) is 17.4 Å². The van der Waals surface area contributed by atoms with Crippen LogP contribution in [0.4, 0.5) is 23.5 Å². The van der Waals surface area contributed by atoms with Crippen LogP contribution in [0.1, 0.15) is 43.2 Å². The average molecular weight is 469 g/mol. The zero-order chi connectivity index (χ0) is 23.9. The number of imidazole rings is 1. The number of hydrogen-bond acceptors (Lipinski definition) is 4. The van der Waals surface area contributed by atoms with Gasteiger partial charge in [0, 0.05) is 17.8 Å². The fraction of sp³-hybridized carbons (Fsp3) is 0.320. The van der Waals surface area contributed by atoms with Gasteiger partial charge in [-0.1, -0.05) is 25.3 Å². The number of aromatic nitrogens is 4. The molecule has 0 spiro atoms. The largest absolute Gasteiger partial charge is 0.419 e. The van der Waals surface area contributed by atoms with E-state index in [0.717, 1.165) is 43.4 Å². The fourth-order valence-electron chi connectivity index (χ4n) is 4.47. The number of aryl methyl sites for hydroxylation is 1. The molecule has 0 amide bonds. The predicted molar refractivity (Wildman–Crippen MR) is 122 cm³/mol. The van der Waals surface area contributed by atoms with Gasteiger partial charge in [0.25, 0.3) is 0 Å². The Hall–Kier alpha value is -3.49. The van der Waals surface area contributed by atoms with Crippen molar-refractivity contribution in [3.8, 4) is 17.2 Å². The van der Waals surface area contributed by atoms with Crippen molar-refractivity contribution in [2.24, 2.45) is 0 Å². The highest BCUT2D eigenvalue weighted by Gasteiger charge is 2.34. The molecule has 1 fully saturated rings. The molecule has 1 saturated carbocycles. The minimum atomic E-state index is -4.82. The second-order valence-electron chi connectivity index (χ2n) is 8.67. The lowest BCUT2D eigenvalue weighted by Crippen LogP contribution is -2.23. The van der Waals surface area contributed by atoms with Crippen LogP contribution in [-0.4, -0.2) is 25.6 Å². The fourth-order valence-corrected chi connectivity index (χ4v) is 4.47. The van der Waals surface area contributed by atoms with E-state index in [0.29, 0.717) is 22.8 Å². The van der Waals surface area contributed by atoms with Crippen LogP contribution in [0.25, 0.3) is 28.2 Å². The lowest BCUT2D eigenvalue weighted by atomic mass is 9.96. The van der Waals surface area contributed by atoms with E-state index < -0.39 is 17.6 Å². The average Bonchev–Trinajstić information content (AvgIpc) is 3.18. The van der Waals surface area contributed by atoms with Crippen LogP contribution < -0.4 is 5.32 Å². The van der Waals surface area contributed by atoms with Crippen LogP contribution in [0.5, 0.6) is 0 Å². The topological polar surface area (TPSA) is 55.6 Å². The lowest BCUT2D eigenvalue weighted by molar-refractivity contribution is -0.139. The van der Waals surface area contributed by atoms with Crippen molar-refractivity contribution in [1.82, 2.24) is 19.5 Å². The minimum absolute atomic E-state index is 0.142. The predicted octanol–water partition coefficient (Wildman–Crippen LogP) is 6.69. The van der Waals surface area contributed by atoms with Gasteiger partial charge in [-0.3, -0.25) is 4.57 Å². The molecule has 5 rings (SSSR count). The molecule has 1 N–H and O–H groups in total. The number of benzene rings is 2. The molecular formula is C25H23F4N5. The molecule has 1 aliphatic rings. The molecule has 2 heterocycles. The van der Waals surface area contributed by atoms with Gasteiger partial charge in [-0.25, -0.2) is 14.4 Å². The minimum Gasteiger partial charge on any atom is -0.351 e. The maximum absolute atomic E-state index is 14.0. The summed E-state index contributed by atoms with van der Waals surface area (Å²) in [6, 6.07) is 10.5. The Morgan fingerprint density at radius 3 is 2.53 bits per heavy atom. The number of alkyl halides is 3. The molecule has 0 aliphatic heterocycles. The van der Waals surface area contributed by atoms with Gasteiger partial charge < -0.3 is 5.32 Å². The molecular weight excluding hydrogens is 446 g/mol. The third-order valence-corrected chi connectivity index (χ3v) is 6.15. The Balaban J connectivity index is 1.65. The van der Waals surface area contributed by atoms with E-state index in [9.17, 15) is 17.6 Å². The van der Waals surface area contributed by atoms with Crippen LogP contribution in [0.3, 0.4) is 0 Å². The van der Waals surface area contributed by atoms with Crippen molar-refractivity contribution in [2.45, 2.75) is 51.2 Å². The first-order valence-corrected chi connectivity index (χ1v) is 11.3. The number of fused-ring (bicyclic) bond motifs is 1. The molecule has 4 aromatic rings. The highest BCUT2D eigenvalue weighted by molar-refractivity contribution is 5.83. The number of nitrogens with one attached hydrogen (secondary N) is 1. The number of halogens is 4. The lowest BCUT2D eigenvalue weighted by Gasteiger charge is -2.22. The van der Waals surface area contributed by atoms with Crippen LogP contribution in [0.2, 0.25) is 0 Å². The summed E-state index contributed by atoms with van der Waals surface area (Å²) in [5, 5.41) is 3.38. The number of anilines is 1. The van der Waals surface area contributed by atoms with Gasteiger partial charge in [0.05, 0.1) is 16.6 Å². The van der Waals surface area contributed by atoms with Gasteiger partial charge in [0.2, 0.25) is 5.95 Å². The summed E-state index contributed by atoms with van der Waals surface area (Å²) in [4.78, 5) is 13.6. The number of nitrogens with zero attached hydrogens (tertiary/aromatic N) is 4. The Morgan fingerprint density at radius 2 is 1.76 bits per heavy atom. The van der Waals surface area contributed by atoms with E-state index in [1.807, 2.05) is 19.1 Å². The molecule has 0 bridgehead atoms. The molecule has 2 aromatic heterocycles. The van der Waals surface area contributed by atoms with E-state index >= 15 is 0 Å². The monoisotopic (exact) mass is 469 g/mol. The number of rotatable bonds is 4. The molecule has 9 heteroatoms. The molecule has 2 aromatic carbocycles. The van der Waals surface area contributed by atoms with Crippen molar-refractivity contribution in [3.05, 3.63) is 65.6 Å². The van der Waals surface area contributed by atoms with Gasteiger partial charge in [-0.05, 0) is 61.7 Å². The van der Waals surface area contributed by atoms with Gasteiger partial charge >= 0.3 is 6.18 Å². The Labute approximate surface area is 193 Å². The molecule has 1 aliphatic carbocycles. The summed E-state index contributed by atoms with van der Waals surface area (Å²) >= 11 is 0. The van der Waals surface area contributed by atoms with Crippen LogP contribution in [-0.2, 0) is 6.18 Å². The Bertz CT molecular complexity index is 1340. The first-order chi connectivity index (χ1) is 16.3. The number of hydrogen-bond donors (Lipinski definition) is 1. The third-order valence-electron chi connectivity index (χ3n) is 6.15.